The van der Waals surface area contributed by atoms with E-state index in [4.69, 9.17) is 0 Å². The van der Waals surface area contributed by atoms with E-state index in [-0.39, 0.29) is 11.6 Å². The van der Waals surface area contributed by atoms with Crippen LogP contribution in [0.5, 0.6) is 0 Å². The van der Waals surface area contributed by atoms with E-state index in [1.807, 2.05) is 11.0 Å². The lowest BCUT2D eigenvalue weighted by Crippen LogP contribution is -2.58. The third-order valence-corrected chi connectivity index (χ3v) is 4.99. The molecule has 0 atom stereocenters. The number of nitrogens with one attached hydrogen (secondary N) is 1. The van der Waals surface area contributed by atoms with Gasteiger partial charge < -0.3 is 15.1 Å². The number of carbonyl (C=O) groups is 1. The molecule has 3 rings (SSSR count). The molecule has 4 nitrogen and oxygen atoms in total. The van der Waals surface area contributed by atoms with Gasteiger partial charge in [0, 0.05) is 26.2 Å². The predicted molar refractivity (Wildman–Crippen MR) is 84.2 cm³/mol. The van der Waals surface area contributed by atoms with Crippen LogP contribution in [-0.4, -0.2) is 48.6 Å². The lowest BCUT2D eigenvalue weighted by molar-refractivity contribution is 0.119. The highest BCUT2D eigenvalue weighted by Gasteiger charge is 2.40. The van der Waals surface area contributed by atoms with Crippen LogP contribution in [0, 0.1) is 0 Å². The maximum Gasteiger partial charge on any atom is 0.318 e. The number of urea groups is 1. The molecule has 2 amide bonds. The Morgan fingerprint density at radius 2 is 1.81 bits per heavy atom. The minimum atomic E-state index is -0.125. The molecule has 4 heteroatoms. The normalized spacial score (nSPS) is 21.7. The Kier molecular flexibility index (Phi) is 4.15. The average molecular weight is 287 g/mol. The maximum atomic E-state index is 12.6. The van der Waals surface area contributed by atoms with Crippen LogP contribution in [0.15, 0.2) is 30.3 Å². The van der Waals surface area contributed by atoms with E-state index in [0.717, 1.165) is 45.6 Å². The first-order valence-electron chi connectivity index (χ1n) is 8.08. The van der Waals surface area contributed by atoms with Crippen molar-refractivity contribution in [3.63, 3.8) is 0 Å². The highest BCUT2D eigenvalue weighted by molar-refractivity contribution is 5.75. The van der Waals surface area contributed by atoms with Gasteiger partial charge in [-0.2, -0.15) is 0 Å². The van der Waals surface area contributed by atoms with Gasteiger partial charge >= 0.3 is 6.03 Å². The first-order valence-corrected chi connectivity index (χ1v) is 8.08. The van der Waals surface area contributed by atoms with Gasteiger partial charge in [0.1, 0.15) is 0 Å². The van der Waals surface area contributed by atoms with Gasteiger partial charge in [-0.1, -0.05) is 37.3 Å². The van der Waals surface area contributed by atoms with Gasteiger partial charge in [-0.3, -0.25) is 0 Å². The van der Waals surface area contributed by atoms with E-state index < -0.39 is 0 Å². The molecule has 114 valence electrons. The standard InChI is InChI=1S/C17H25N3O/c1-2-19-11-13-20(14-12-19)16(21)18-17(9-6-10-17)15-7-4-3-5-8-15/h3-5,7-8H,2,6,9-14H2,1H3,(H,18,21). The topological polar surface area (TPSA) is 35.6 Å². The van der Waals surface area contributed by atoms with Gasteiger partial charge in [-0.25, -0.2) is 4.79 Å². The van der Waals surface area contributed by atoms with Crippen molar-refractivity contribution >= 4 is 6.03 Å². The van der Waals surface area contributed by atoms with Gasteiger partial charge in [0.15, 0.2) is 0 Å². The lowest BCUT2D eigenvalue weighted by atomic mass is 9.72. The second-order valence-corrected chi connectivity index (χ2v) is 6.15. The van der Waals surface area contributed by atoms with E-state index in [1.54, 1.807) is 0 Å². The number of likely N-dealkylation sites (N-methyl/N-ethyl adjacent to an activating group) is 1. The second kappa shape index (κ2) is 6.06. The average Bonchev–Trinajstić information content (AvgIpc) is 2.51. The van der Waals surface area contributed by atoms with E-state index in [2.05, 4.69) is 41.4 Å². The summed E-state index contributed by atoms with van der Waals surface area (Å²) in [7, 11) is 0. The molecule has 2 fully saturated rings. The number of piperazine rings is 1. The molecule has 1 aliphatic heterocycles. The molecule has 1 aliphatic carbocycles. The van der Waals surface area contributed by atoms with Gasteiger partial charge in [-0.05, 0) is 31.4 Å². The Hall–Kier alpha value is -1.55. The van der Waals surface area contributed by atoms with Crippen LogP contribution >= 0.6 is 0 Å². The van der Waals surface area contributed by atoms with E-state index in [1.165, 1.54) is 12.0 Å². The Balaban J connectivity index is 1.64. The fourth-order valence-electron chi connectivity index (χ4n) is 3.32. The molecule has 0 unspecified atom stereocenters. The number of carbonyl (C=O) groups excluding carboxylic acids is 1. The van der Waals surface area contributed by atoms with Gasteiger partial charge in [0.25, 0.3) is 0 Å². The van der Waals surface area contributed by atoms with Gasteiger partial charge in [-0.15, -0.1) is 0 Å². The van der Waals surface area contributed by atoms with Crippen LogP contribution in [0.4, 0.5) is 4.79 Å². The number of benzene rings is 1. The van der Waals surface area contributed by atoms with E-state index in [0.29, 0.717) is 0 Å². The summed E-state index contributed by atoms with van der Waals surface area (Å²) in [6, 6.07) is 10.5. The van der Waals surface area contributed by atoms with Crippen molar-refractivity contribution in [2.75, 3.05) is 32.7 Å². The quantitative estimate of drug-likeness (QED) is 0.926. The molecule has 1 N–H and O–H groups in total. The molecular formula is C17H25N3O. The van der Waals surface area contributed by atoms with E-state index >= 15 is 0 Å². The lowest BCUT2D eigenvalue weighted by Gasteiger charge is -2.45. The molecule has 1 aromatic rings. The van der Waals surface area contributed by atoms with Crippen molar-refractivity contribution in [3.05, 3.63) is 35.9 Å². The Labute approximate surface area is 127 Å². The highest BCUT2D eigenvalue weighted by Crippen LogP contribution is 2.41. The zero-order chi connectivity index (χ0) is 14.7. The van der Waals surface area contributed by atoms with Crippen molar-refractivity contribution in [3.8, 4) is 0 Å². The molecule has 0 radical (unpaired) electrons. The van der Waals surface area contributed by atoms with Crippen LogP contribution in [0.2, 0.25) is 0 Å². The Bertz CT molecular complexity index is 476. The molecular weight excluding hydrogens is 262 g/mol. The number of rotatable bonds is 3. The molecule has 0 bridgehead atoms. The molecule has 1 aromatic carbocycles. The monoisotopic (exact) mass is 287 g/mol. The minimum absolute atomic E-state index is 0.106. The van der Waals surface area contributed by atoms with Crippen LogP contribution < -0.4 is 5.32 Å². The SMILES string of the molecule is CCN1CCN(C(=O)NC2(c3ccccc3)CCC2)CC1. The van der Waals surface area contributed by atoms with Gasteiger partial charge in [0.05, 0.1) is 5.54 Å². The summed E-state index contributed by atoms with van der Waals surface area (Å²) in [5.74, 6) is 0. The van der Waals surface area contributed by atoms with Crippen molar-refractivity contribution in [2.45, 2.75) is 31.7 Å². The smallest absolute Gasteiger partial charge is 0.318 e. The zero-order valence-corrected chi connectivity index (χ0v) is 12.8. The minimum Gasteiger partial charge on any atom is -0.328 e. The number of hydrogen-bond donors (Lipinski definition) is 1. The molecule has 0 aromatic heterocycles. The molecule has 1 saturated heterocycles. The summed E-state index contributed by atoms with van der Waals surface area (Å²) in [6.45, 7) is 6.90. The third-order valence-electron chi connectivity index (χ3n) is 4.99. The summed E-state index contributed by atoms with van der Waals surface area (Å²) < 4.78 is 0. The Morgan fingerprint density at radius 1 is 1.14 bits per heavy atom. The van der Waals surface area contributed by atoms with Gasteiger partial charge in [0.2, 0.25) is 0 Å². The molecule has 1 saturated carbocycles. The summed E-state index contributed by atoms with van der Waals surface area (Å²) in [4.78, 5) is 16.9. The number of hydrogen-bond acceptors (Lipinski definition) is 2. The van der Waals surface area contributed by atoms with Crippen molar-refractivity contribution in [2.24, 2.45) is 0 Å². The fourth-order valence-corrected chi connectivity index (χ4v) is 3.32. The molecule has 1 heterocycles. The van der Waals surface area contributed by atoms with Crippen LogP contribution in [0.1, 0.15) is 31.7 Å². The number of amides is 2. The molecule has 21 heavy (non-hydrogen) atoms. The van der Waals surface area contributed by atoms with Crippen molar-refractivity contribution < 1.29 is 4.79 Å². The summed E-state index contributed by atoms with van der Waals surface area (Å²) in [6.07, 6.45) is 3.30. The second-order valence-electron chi connectivity index (χ2n) is 6.15. The fraction of sp³-hybridized carbons (Fsp3) is 0.588. The molecule has 0 spiro atoms. The Morgan fingerprint density at radius 3 is 2.33 bits per heavy atom. The first-order chi connectivity index (χ1) is 10.2. The summed E-state index contributed by atoms with van der Waals surface area (Å²) >= 11 is 0. The maximum absolute atomic E-state index is 12.6. The first kappa shape index (κ1) is 14.4. The highest BCUT2D eigenvalue weighted by atomic mass is 16.2. The summed E-state index contributed by atoms with van der Waals surface area (Å²) in [5, 5.41) is 3.32. The number of nitrogens with zero attached hydrogens (tertiary/aromatic N) is 2. The zero-order valence-electron chi connectivity index (χ0n) is 12.8. The summed E-state index contributed by atoms with van der Waals surface area (Å²) in [5.41, 5.74) is 1.12. The van der Waals surface area contributed by atoms with Crippen LogP contribution in [0.25, 0.3) is 0 Å². The molecule has 2 aliphatic rings. The van der Waals surface area contributed by atoms with E-state index in [9.17, 15) is 4.79 Å². The predicted octanol–water partition coefficient (Wildman–Crippen LogP) is 2.41. The van der Waals surface area contributed by atoms with Crippen LogP contribution in [0.3, 0.4) is 0 Å². The van der Waals surface area contributed by atoms with Crippen molar-refractivity contribution in [1.29, 1.82) is 0 Å². The van der Waals surface area contributed by atoms with Crippen LogP contribution in [-0.2, 0) is 5.54 Å². The van der Waals surface area contributed by atoms with Crippen molar-refractivity contribution in [1.82, 2.24) is 15.1 Å². The third kappa shape index (κ3) is 2.91. The largest absolute Gasteiger partial charge is 0.328 e.